The third-order valence-electron chi connectivity index (χ3n) is 2.77. The number of nitrogens with zero attached hydrogens (tertiary/aromatic N) is 2. The summed E-state index contributed by atoms with van der Waals surface area (Å²) in [5, 5.41) is 8.55. The summed E-state index contributed by atoms with van der Waals surface area (Å²) in [7, 11) is 0. The van der Waals surface area contributed by atoms with Crippen LogP contribution in [0.4, 0.5) is 10.8 Å². The Bertz CT molecular complexity index is 594. The van der Waals surface area contributed by atoms with Crippen molar-refractivity contribution in [2.45, 2.75) is 26.7 Å². The number of hydrogen-bond donors (Lipinski definition) is 2. The number of aromatic nitrogens is 2. The minimum absolute atomic E-state index is 0.173. The maximum Gasteiger partial charge on any atom is 0.259 e. The van der Waals surface area contributed by atoms with Gasteiger partial charge in [-0.2, -0.15) is 0 Å². The molecule has 2 rings (SSSR count). The summed E-state index contributed by atoms with van der Waals surface area (Å²) in [6.45, 7) is 6.87. The van der Waals surface area contributed by atoms with Crippen LogP contribution in [-0.4, -0.2) is 22.4 Å². The van der Waals surface area contributed by atoms with Crippen molar-refractivity contribution in [3.8, 4) is 0 Å². The number of nitrogens with one attached hydrogen (secondary N) is 2. The summed E-state index contributed by atoms with van der Waals surface area (Å²) < 4.78 is 0. The molecule has 0 fully saturated rings. The fourth-order valence-corrected chi connectivity index (χ4v) is 2.56. The van der Waals surface area contributed by atoms with E-state index in [1.54, 1.807) is 18.5 Å². The molecule has 2 N–H and O–H groups in total. The Morgan fingerprint density at radius 1 is 1.45 bits per heavy atom. The van der Waals surface area contributed by atoms with Gasteiger partial charge in [0.2, 0.25) is 0 Å². The molecule has 0 unspecified atom stereocenters. The Morgan fingerprint density at radius 3 is 2.90 bits per heavy atom. The zero-order valence-corrected chi connectivity index (χ0v) is 12.6. The second-order valence-corrected chi connectivity index (χ2v) is 5.50. The van der Waals surface area contributed by atoms with Crippen LogP contribution in [0.1, 0.15) is 42.7 Å². The number of rotatable bonds is 5. The Labute approximate surface area is 122 Å². The highest BCUT2D eigenvalue weighted by atomic mass is 32.1. The third-order valence-corrected chi connectivity index (χ3v) is 3.54. The largest absolute Gasteiger partial charge is 0.383 e. The van der Waals surface area contributed by atoms with Crippen LogP contribution in [0.25, 0.3) is 0 Å². The van der Waals surface area contributed by atoms with Gasteiger partial charge in [0.1, 0.15) is 0 Å². The first-order chi connectivity index (χ1) is 9.61. The molecular formula is C14H18N4OS. The SMILES string of the molecule is CCNc1cnccc1C(=O)Nc1nc(C(C)C)cs1. The zero-order chi connectivity index (χ0) is 14.5. The first-order valence-corrected chi connectivity index (χ1v) is 7.44. The fourth-order valence-electron chi connectivity index (χ4n) is 1.70. The van der Waals surface area contributed by atoms with E-state index < -0.39 is 0 Å². The molecule has 0 aliphatic carbocycles. The summed E-state index contributed by atoms with van der Waals surface area (Å²) in [5.74, 6) is 0.183. The number of carbonyl (C=O) groups is 1. The van der Waals surface area contributed by atoms with Gasteiger partial charge in [-0.05, 0) is 18.9 Å². The van der Waals surface area contributed by atoms with E-state index in [0.717, 1.165) is 17.9 Å². The first kappa shape index (κ1) is 14.5. The Kier molecular flexibility index (Phi) is 4.68. The van der Waals surface area contributed by atoms with Gasteiger partial charge in [0, 0.05) is 18.1 Å². The molecule has 0 aliphatic rings. The van der Waals surface area contributed by atoms with Gasteiger partial charge in [0.05, 0.1) is 23.1 Å². The number of thiazole rings is 1. The average Bonchev–Trinajstić information content (AvgIpc) is 2.88. The van der Waals surface area contributed by atoms with Crippen molar-refractivity contribution < 1.29 is 4.79 Å². The van der Waals surface area contributed by atoms with E-state index >= 15 is 0 Å². The van der Waals surface area contributed by atoms with E-state index in [1.807, 2.05) is 12.3 Å². The van der Waals surface area contributed by atoms with E-state index in [4.69, 9.17) is 0 Å². The lowest BCUT2D eigenvalue weighted by Crippen LogP contribution is -2.15. The Morgan fingerprint density at radius 2 is 2.25 bits per heavy atom. The first-order valence-electron chi connectivity index (χ1n) is 6.56. The Hall–Kier alpha value is -1.95. The molecular weight excluding hydrogens is 272 g/mol. The predicted molar refractivity (Wildman–Crippen MR) is 82.6 cm³/mol. The summed E-state index contributed by atoms with van der Waals surface area (Å²) in [6.07, 6.45) is 3.26. The minimum Gasteiger partial charge on any atom is -0.383 e. The summed E-state index contributed by atoms with van der Waals surface area (Å²) in [4.78, 5) is 20.7. The van der Waals surface area contributed by atoms with Crippen molar-refractivity contribution in [1.29, 1.82) is 0 Å². The lowest BCUT2D eigenvalue weighted by molar-refractivity contribution is 0.102. The van der Waals surface area contributed by atoms with Gasteiger partial charge in [-0.3, -0.25) is 15.1 Å². The van der Waals surface area contributed by atoms with E-state index in [1.165, 1.54) is 11.3 Å². The number of anilines is 2. The van der Waals surface area contributed by atoms with Crippen LogP contribution in [0.3, 0.4) is 0 Å². The molecule has 20 heavy (non-hydrogen) atoms. The number of hydrogen-bond acceptors (Lipinski definition) is 5. The molecule has 2 aromatic heterocycles. The summed E-state index contributed by atoms with van der Waals surface area (Å²) in [5.41, 5.74) is 2.29. The second-order valence-electron chi connectivity index (χ2n) is 4.64. The fraction of sp³-hybridized carbons (Fsp3) is 0.357. The number of amides is 1. The van der Waals surface area contributed by atoms with Crippen molar-refractivity contribution in [2.75, 3.05) is 17.2 Å². The van der Waals surface area contributed by atoms with E-state index in [2.05, 4.69) is 34.4 Å². The molecule has 0 aromatic carbocycles. The van der Waals surface area contributed by atoms with Crippen molar-refractivity contribution in [2.24, 2.45) is 0 Å². The third kappa shape index (κ3) is 3.33. The second kappa shape index (κ2) is 6.47. The van der Waals surface area contributed by atoms with Crippen LogP contribution in [0, 0.1) is 0 Å². The van der Waals surface area contributed by atoms with Crippen LogP contribution in [0.5, 0.6) is 0 Å². The molecule has 2 aromatic rings. The highest BCUT2D eigenvalue weighted by Crippen LogP contribution is 2.23. The van der Waals surface area contributed by atoms with Crippen LogP contribution >= 0.6 is 11.3 Å². The molecule has 0 radical (unpaired) electrons. The molecule has 0 bridgehead atoms. The molecule has 0 aliphatic heterocycles. The van der Waals surface area contributed by atoms with Crippen LogP contribution in [0.15, 0.2) is 23.8 Å². The molecule has 0 saturated carbocycles. The molecule has 6 heteroatoms. The summed E-state index contributed by atoms with van der Waals surface area (Å²) in [6, 6.07) is 1.70. The standard InChI is InChI=1S/C14H18N4OS/c1-4-16-11-7-15-6-5-10(11)13(19)18-14-17-12(8-20-14)9(2)3/h5-9,16H,4H2,1-3H3,(H,17,18,19). The van der Waals surface area contributed by atoms with Gasteiger partial charge in [-0.15, -0.1) is 11.3 Å². The molecule has 2 heterocycles. The normalized spacial score (nSPS) is 10.6. The van der Waals surface area contributed by atoms with Gasteiger partial charge < -0.3 is 5.32 Å². The number of pyridine rings is 1. The lowest BCUT2D eigenvalue weighted by Gasteiger charge is -2.09. The van der Waals surface area contributed by atoms with Crippen LogP contribution in [-0.2, 0) is 0 Å². The molecule has 1 amide bonds. The van der Waals surface area contributed by atoms with E-state index in [9.17, 15) is 4.79 Å². The van der Waals surface area contributed by atoms with Gasteiger partial charge in [0.25, 0.3) is 5.91 Å². The molecule has 0 saturated heterocycles. The van der Waals surface area contributed by atoms with Gasteiger partial charge in [0.15, 0.2) is 5.13 Å². The van der Waals surface area contributed by atoms with E-state index in [-0.39, 0.29) is 5.91 Å². The van der Waals surface area contributed by atoms with E-state index in [0.29, 0.717) is 16.6 Å². The van der Waals surface area contributed by atoms with Crippen molar-refractivity contribution in [3.63, 3.8) is 0 Å². The van der Waals surface area contributed by atoms with Gasteiger partial charge >= 0.3 is 0 Å². The quantitative estimate of drug-likeness (QED) is 0.886. The smallest absolute Gasteiger partial charge is 0.259 e. The molecule has 5 nitrogen and oxygen atoms in total. The predicted octanol–water partition coefficient (Wildman–Crippen LogP) is 3.35. The summed E-state index contributed by atoms with van der Waals surface area (Å²) >= 11 is 1.44. The average molecular weight is 290 g/mol. The molecule has 0 atom stereocenters. The minimum atomic E-state index is -0.173. The van der Waals surface area contributed by atoms with Gasteiger partial charge in [-0.25, -0.2) is 4.98 Å². The highest BCUT2D eigenvalue weighted by Gasteiger charge is 2.13. The van der Waals surface area contributed by atoms with Crippen molar-refractivity contribution in [3.05, 3.63) is 35.1 Å². The highest BCUT2D eigenvalue weighted by molar-refractivity contribution is 7.14. The lowest BCUT2D eigenvalue weighted by atomic mass is 10.2. The van der Waals surface area contributed by atoms with Crippen molar-refractivity contribution in [1.82, 2.24) is 9.97 Å². The Balaban J connectivity index is 2.15. The van der Waals surface area contributed by atoms with Gasteiger partial charge in [-0.1, -0.05) is 13.8 Å². The maximum atomic E-state index is 12.3. The zero-order valence-electron chi connectivity index (χ0n) is 11.8. The van der Waals surface area contributed by atoms with Crippen LogP contribution < -0.4 is 10.6 Å². The molecule has 106 valence electrons. The molecule has 0 spiro atoms. The van der Waals surface area contributed by atoms with Crippen molar-refractivity contribution >= 4 is 28.1 Å². The monoisotopic (exact) mass is 290 g/mol. The number of carbonyl (C=O) groups excluding carboxylic acids is 1. The maximum absolute atomic E-state index is 12.3. The topological polar surface area (TPSA) is 66.9 Å². The van der Waals surface area contributed by atoms with Crippen LogP contribution in [0.2, 0.25) is 0 Å².